The van der Waals surface area contributed by atoms with E-state index < -0.39 is 0 Å². The molecule has 0 amide bonds. The van der Waals surface area contributed by atoms with Gasteiger partial charge in [0.15, 0.2) is 5.16 Å². The van der Waals surface area contributed by atoms with Gasteiger partial charge in [0, 0.05) is 23.4 Å². The molecule has 0 spiro atoms. The first kappa shape index (κ1) is 12.2. The number of hydrogen-bond acceptors (Lipinski definition) is 7. The molecular formula is C10H11N5S2. The first-order chi connectivity index (χ1) is 8.31. The van der Waals surface area contributed by atoms with Crippen LogP contribution in [0.25, 0.3) is 0 Å². The first-order valence-corrected chi connectivity index (χ1v) is 6.83. The number of anilines is 1. The lowest BCUT2D eigenvalue weighted by molar-refractivity contribution is 0.893. The number of nitrogen functional groups attached to an aromatic ring is 1. The number of rotatable bonds is 4. The standard InChI is InChI=1S/C10H11N5S2/c1-16-10-13-8(15-11)6-9(14-10)17-7-2-4-12-5-3-7/h2-6H,11H2,1H3,(H,13,14,15). The molecule has 0 atom stereocenters. The average Bonchev–Trinajstić information content (AvgIpc) is 2.39. The molecule has 0 aliphatic heterocycles. The van der Waals surface area contributed by atoms with Gasteiger partial charge in [-0.15, -0.1) is 0 Å². The van der Waals surface area contributed by atoms with Gasteiger partial charge in [0.05, 0.1) is 0 Å². The monoisotopic (exact) mass is 265 g/mol. The van der Waals surface area contributed by atoms with E-state index in [2.05, 4.69) is 20.4 Å². The molecule has 0 saturated carbocycles. The second kappa shape index (κ2) is 5.85. The lowest BCUT2D eigenvalue weighted by Crippen LogP contribution is -2.09. The van der Waals surface area contributed by atoms with Gasteiger partial charge < -0.3 is 5.43 Å². The van der Waals surface area contributed by atoms with Crippen LogP contribution in [0.1, 0.15) is 0 Å². The number of hydrogen-bond donors (Lipinski definition) is 2. The van der Waals surface area contributed by atoms with Crippen molar-refractivity contribution in [3.8, 4) is 0 Å². The third-order valence-electron chi connectivity index (χ3n) is 1.88. The summed E-state index contributed by atoms with van der Waals surface area (Å²) in [5.74, 6) is 5.98. The van der Waals surface area contributed by atoms with Crippen molar-refractivity contribution in [2.24, 2.45) is 5.84 Å². The lowest BCUT2D eigenvalue weighted by Gasteiger charge is -2.05. The quantitative estimate of drug-likeness (QED) is 0.288. The molecule has 17 heavy (non-hydrogen) atoms. The van der Waals surface area contributed by atoms with Gasteiger partial charge in [-0.2, -0.15) is 0 Å². The van der Waals surface area contributed by atoms with Crippen molar-refractivity contribution in [1.82, 2.24) is 15.0 Å². The molecule has 0 radical (unpaired) electrons. The van der Waals surface area contributed by atoms with Gasteiger partial charge in [-0.25, -0.2) is 15.8 Å². The Morgan fingerprint density at radius 1 is 1.24 bits per heavy atom. The molecule has 0 aliphatic carbocycles. The zero-order valence-electron chi connectivity index (χ0n) is 9.12. The topological polar surface area (TPSA) is 76.7 Å². The Labute approximate surface area is 108 Å². The minimum Gasteiger partial charge on any atom is -0.308 e. The fourth-order valence-electron chi connectivity index (χ4n) is 1.15. The molecule has 0 saturated heterocycles. The number of nitrogens with one attached hydrogen (secondary N) is 1. The summed E-state index contributed by atoms with van der Waals surface area (Å²) < 4.78 is 0. The number of thioether (sulfide) groups is 1. The van der Waals surface area contributed by atoms with Crippen molar-refractivity contribution in [3.63, 3.8) is 0 Å². The van der Waals surface area contributed by atoms with Crippen molar-refractivity contribution in [3.05, 3.63) is 30.6 Å². The first-order valence-electron chi connectivity index (χ1n) is 4.79. The van der Waals surface area contributed by atoms with Crippen molar-refractivity contribution in [1.29, 1.82) is 0 Å². The summed E-state index contributed by atoms with van der Waals surface area (Å²) in [6.07, 6.45) is 5.43. The third-order valence-corrected chi connectivity index (χ3v) is 3.36. The summed E-state index contributed by atoms with van der Waals surface area (Å²) in [4.78, 5) is 13.6. The molecule has 0 aromatic carbocycles. The fraction of sp³-hybridized carbons (Fsp3) is 0.100. The molecule has 5 nitrogen and oxygen atoms in total. The highest BCUT2D eigenvalue weighted by molar-refractivity contribution is 7.99. The molecule has 88 valence electrons. The van der Waals surface area contributed by atoms with Crippen LogP contribution in [-0.2, 0) is 0 Å². The molecule has 0 unspecified atom stereocenters. The van der Waals surface area contributed by atoms with Gasteiger partial charge in [0.1, 0.15) is 10.8 Å². The third kappa shape index (κ3) is 3.32. The summed E-state index contributed by atoms with van der Waals surface area (Å²) in [6.45, 7) is 0. The van der Waals surface area contributed by atoms with Gasteiger partial charge in [-0.05, 0) is 18.4 Å². The van der Waals surface area contributed by atoms with Crippen molar-refractivity contribution in [2.75, 3.05) is 11.7 Å². The van der Waals surface area contributed by atoms with Gasteiger partial charge in [-0.1, -0.05) is 23.5 Å². The Kier molecular flexibility index (Phi) is 4.18. The van der Waals surface area contributed by atoms with Crippen molar-refractivity contribution < 1.29 is 0 Å². The van der Waals surface area contributed by atoms with E-state index >= 15 is 0 Å². The smallest absolute Gasteiger partial charge is 0.190 e. The number of nitrogens with zero attached hydrogens (tertiary/aromatic N) is 3. The van der Waals surface area contributed by atoms with Crippen molar-refractivity contribution in [2.45, 2.75) is 15.1 Å². The predicted octanol–water partition coefficient (Wildman–Crippen LogP) is 2.03. The van der Waals surface area contributed by atoms with Gasteiger partial charge in [0.2, 0.25) is 0 Å². The molecule has 0 fully saturated rings. The summed E-state index contributed by atoms with van der Waals surface area (Å²) in [7, 11) is 0. The molecular weight excluding hydrogens is 254 g/mol. The number of aromatic nitrogens is 3. The van der Waals surface area contributed by atoms with Crippen molar-refractivity contribution >= 4 is 29.3 Å². The van der Waals surface area contributed by atoms with Crippen LogP contribution < -0.4 is 11.3 Å². The maximum absolute atomic E-state index is 5.37. The number of hydrazine groups is 1. The van der Waals surface area contributed by atoms with Crippen LogP contribution in [0.2, 0.25) is 0 Å². The maximum Gasteiger partial charge on any atom is 0.190 e. The molecule has 3 N–H and O–H groups in total. The van der Waals surface area contributed by atoms with E-state index in [0.717, 1.165) is 9.92 Å². The van der Waals surface area contributed by atoms with Crippen LogP contribution in [0, 0.1) is 0 Å². The SMILES string of the molecule is CSc1nc(NN)cc(Sc2ccncc2)n1. The highest BCUT2D eigenvalue weighted by atomic mass is 32.2. The Morgan fingerprint density at radius 2 is 2.00 bits per heavy atom. The van der Waals surface area contributed by atoms with E-state index in [9.17, 15) is 0 Å². The maximum atomic E-state index is 5.37. The van der Waals surface area contributed by atoms with Crippen LogP contribution >= 0.6 is 23.5 Å². The summed E-state index contributed by atoms with van der Waals surface area (Å²) >= 11 is 3.03. The molecule has 2 rings (SSSR count). The van der Waals surface area contributed by atoms with E-state index in [0.29, 0.717) is 11.0 Å². The van der Waals surface area contributed by atoms with E-state index in [-0.39, 0.29) is 0 Å². The van der Waals surface area contributed by atoms with E-state index in [4.69, 9.17) is 5.84 Å². The second-order valence-corrected chi connectivity index (χ2v) is 4.87. The predicted molar refractivity (Wildman–Crippen MR) is 70.0 cm³/mol. The normalized spacial score (nSPS) is 10.2. The lowest BCUT2D eigenvalue weighted by atomic mass is 10.5. The molecule has 0 bridgehead atoms. The fourth-order valence-corrected chi connectivity index (χ4v) is 2.39. The number of nitrogens with two attached hydrogens (primary N) is 1. The van der Waals surface area contributed by atoms with Crippen LogP contribution in [0.5, 0.6) is 0 Å². The Morgan fingerprint density at radius 3 is 2.65 bits per heavy atom. The summed E-state index contributed by atoms with van der Waals surface area (Å²) in [5.41, 5.74) is 2.54. The van der Waals surface area contributed by atoms with E-state index in [1.165, 1.54) is 11.8 Å². The Balaban J connectivity index is 2.26. The zero-order valence-corrected chi connectivity index (χ0v) is 10.8. The molecule has 2 heterocycles. The average molecular weight is 265 g/mol. The van der Waals surface area contributed by atoms with Crippen LogP contribution in [0.15, 0.2) is 45.7 Å². The van der Waals surface area contributed by atoms with Crippen LogP contribution in [-0.4, -0.2) is 21.2 Å². The van der Waals surface area contributed by atoms with Gasteiger partial charge >= 0.3 is 0 Å². The minimum atomic E-state index is 0.612. The minimum absolute atomic E-state index is 0.612. The highest BCUT2D eigenvalue weighted by Gasteiger charge is 2.04. The molecule has 2 aromatic heterocycles. The molecule has 0 aliphatic rings. The zero-order chi connectivity index (χ0) is 12.1. The summed E-state index contributed by atoms with van der Waals surface area (Å²) in [5, 5.41) is 1.54. The van der Waals surface area contributed by atoms with E-state index in [1.807, 2.05) is 24.5 Å². The van der Waals surface area contributed by atoms with Gasteiger partial charge in [-0.3, -0.25) is 4.98 Å². The highest BCUT2D eigenvalue weighted by Crippen LogP contribution is 2.27. The van der Waals surface area contributed by atoms with E-state index in [1.54, 1.807) is 24.2 Å². The van der Waals surface area contributed by atoms with Crippen LogP contribution in [0.4, 0.5) is 5.82 Å². The number of pyridine rings is 1. The summed E-state index contributed by atoms with van der Waals surface area (Å²) in [6, 6.07) is 5.67. The Hall–Kier alpha value is -1.31. The molecule has 7 heteroatoms. The van der Waals surface area contributed by atoms with Gasteiger partial charge in [0.25, 0.3) is 0 Å². The Bertz CT molecular complexity index is 469. The van der Waals surface area contributed by atoms with Crippen LogP contribution in [0.3, 0.4) is 0 Å². The molecule has 2 aromatic rings. The second-order valence-electron chi connectivity index (χ2n) is 3.01. The largest absolute Gasteiger partial charge is 0.308 e.